The van der Waals surface area contributed by atoms with Gasteiger partial charge in [0.05, 0.1) is 12.0 Å². The van der Waals surface area contributed by atoms with Crippen LogP contribution in [0.4, 0.5) is 28.0 Å². The number of sulfonamides is 1. The molecule has 4 rings (SSSR count). The molecule has 268 valence electrons. The van der Waals surface area contributed by atoms with Crippen LogP contribution in [-0.2, 0) is 26.0 Å². The van der Waals surface area contributed by atoms with Crippen LogP contribution < -0.4 is 16.0 Å². The van der Waals surface area contributed by atoms with E-state index < -0.39 is 75.8 Å². The van der Waals surface area contributed by atoms with Crippen molar-refractivity contribution in [1.29, 1.82) is 0 Å². The van der Waals surface area contributed by atoms with Crippen LogP contribution >= 0.6 is 0 Å². The maximum atomic E-state index is 15.5. The number of nitrogens with one attached hydrogen (secondary N) is 3. The Morgan fingerprint density at radius 3 is 2.38 bits per heavy atom. The van der Waals surface area contributed by atoms with Gasteiger partial charge in [-0.2, -0.15) is 4.31 Å². The molecule has 3 aromatic rings. The van der Waals surface area contributed by atoms with Gasteiger partial charge >= 0.3 is 6.09 Å². The summed E-state index contributed by atoms with van der Waals surface area (Å²) in [6.45, 7) is 3.88. The van der Waals surface area contributed by atoms with Crippen molar-refractivity contribution in [2.45, 2.75) is 62.0 Å². The van der Waals surface area contributed by atoms with E-state index in [4.69, 9.17) is 4.74 Å². The summed E-state index contributed by atoms with van der Waals surface area (Å²) < 4.78 is 91.9. The number of nitrogens with zero attached hydrogens (tertiary/aromatic N) is 1. The predicted octanol–water partition coefficient (Wildman–Crippen LogP) is 6.51. The van der Waals surface area contributed by atoms with Gasteiger partial charge in [-0.1, -0.05) is 42.5 Å². The van der Waals surface area contributed by atoms with Gasteiger partial charge in [-0.3, -0.25) is 4.79 Å². The van der Waals surface area contributed by atoms with E-state index in [1.54, 1.807) is 25.1 Å². The second-order valence-electron chi connectivity index (χ2n) is 11.8. The Labute approximate surface area is 289 Å². The average Bonchev–Trinajstić information content (AvgIpc) is 3.10. The number of alkyl carbamates (subject to hydrolysis) is 1. The first-order chi connectivity index (χ1) is 23.8. The highest BCUT2D eigenvalue weighted by Crippen LogP contribution is 2.32. The third-order valence-corrected chi connectivity index (χ3v) is 10.5. The number of rotatable bonds is 13. The molecule has 0 aliphatic carbocycles. The molecular formula is C36H40F4N4O5S. The van der Waals surface area contributed by atoms with Crippen molar-refractivity contribution < 1.29 is 40.3 Å². The Kier molecular flexibility index (Phi) is 13.3. The molecule has 1 aliphatic heterocycles. The number of halogens is 4. The summed E-state index contributed by atoms with van der Waals surface area (Å²) in [7, 11) is -2.83. The fourth-order valence-corrected chi connectivity index (χ4v) is 7.87. The van der Waals surface area contributed by atoms with E-state index in [1.165, 1.54) is 53.7 Å². The number of amides is 2. The van der Waals surface area contributed by atoms with Crippen molar-refractivity contribution in [3.05, 3.63) is 119 Å². The molecule has 0 aromatic heterocycles. The van der Waals surface area contributed by atoms with Crippen molar-refractivity contribution in [3.63, 3.8) is 0 Å². The minimum absolute atomic E-state index is 0.0125. The number of carbonyl (C=O) groups is 2. The van der Waals surface area contributed by atoms with Crippen LogP contribution in [0.25, 0.3) is 0 Å². The molecule has 14 heteroatoms. The Balaban J connectivity index is 1.65. The first kappa shape index (κ1) is 38.3. The maximum absolute atomic E-state index is 15.5. The van der Waals surface area contributed by atoms with Gasteiger partial charge in [-0.25, -0.2) is 30.8 Å². The summed E-state index contributed by atoms with van der Waals surface area (Å²) in [5, 5.41) is 8.25. The number of hydrogen-bond acceptors (Lipinski definition) is 6. The standard InChI is InChI=1S/C36H40F4N4O5S/c1-4-25(37)19-27(39)20-31(24-13-15-26(38)16-14-24)34(43-36(46)49-3)35(45)42-33-12-8-11-32(40)30(33)18-17-28-22-41-21-23(2)44(28)50(47,48)29-9-6-5-7-10-29/h4-16,19,23,28,31,34,41H,17-18,20-22H2,1-3H3,(H,42,45)(H,43,46)/b25-4+,27-19+/t23-,28-,31?,34-/m0/s1. The lowest BCUT2D eigenvalue weighted by Crippen LogP contribution is -2.58. The molecule has 4 atom stereocenters. The van der Waals surface area contributed by atoms with Gasteiger partial charge in [0.1, 0.15) is 29.3 Å². The number of benzene rings is 3. The molecule has 9 nitrogen and oxygen atoms in total. The molecule has 0 spiro atoms. The molecule has 3 N–H and O–H groups in total. The minimum atomic E-state index is -3.90. The number of ether oxygens (including phenoxy) is 1. The van der Waals surface area contributed by atoms with E-state index in [9.17, 15) is 26.8 Å². The second-order valence-corrected chi connectivity index (χ2v) is 13.7. The lowest BCUT2D eigenvalue weighted by Gasteiger charge is -2.40. The monoisotopic (exact) mass is 716 g/mol. The Morgan fingerprint density at radius 2 is 1.72 bits per heavy atom. The summed E-state index contributed by atoms with van der Waals surface area (Å²) in [5.41, 5.74) is 0.354. The summed E-state index contributed by atoms with van der Waals surface area (Å²) in [4.78, 5) is 26.5. The second kappa shape index (κ2) is 17.4. The van der Waals surface area contributed by atoms with Crippen molar-refractivity contribution in [2.24, 2.45) is 0 Å². The molecule has 0 saturated carbocycles. The van der Waals surface area contributed by atoms with E-state index in [-0.39, 0.29) is 34.6 Å². The van der Waals surface area contributed by atoms with E-state index in [0.29, 0.717) is 19.2 Å². The van der Waals surface area contributed by atoms with Gasteiger partial charge in [0.15, 0.2) is 0 Å². The van der Waals surface area contributed by atoms with Crippen molar-refractivity contribution in [3.8, 4) is 0 Å². The SMILES string of the molecule is C/C=C(F)\C=C(\F)CC(c1ccc(F)cc1)[C@H](NC(=O)OC)C(=O)Nc1cccc(F)c1CC[C@H]1CNC[C@H](C)N1S(=O)(=O)c1ccccc1. The van der Waals surface area contributed by atoms with E-state index >= 15 is 8.78 Å². The minimum Gasteiger partial charge on any atom is -0.453 e. The number of allylic oxidation sites excluding steroid dienone is 4. The van der Waals surface area contributed by atoms with Crippen LogP contribution in [0.5, 0.6) is 0 Å². The zero-order valence-electron chi connectivity index (χ0n) is 27.8. The predicted molar refractivity (Wildman–Crippen MR) is 182 cm³/mol. The van der Waals surface area contributed by atoms with Crippen molar-refractivity contribution in [1.82, 2.24) is 14.9 Å². The summed E-state index contributed by atoms with van der Waals surface area (Å²) in [6.07, 6.45) is 0.245. The van der Waals surface area contributed by atoms with Crippen molar-refractivity contribution in [2.75, 3.05) is 25.5 Å². The smallest absolute Gasteiger partial charge is 0.407 e. The normalized spacial score (nSPS) is 18.6. The number of piperazine rings is 1. The summed E-state index contributed by atoms with van der Waals surface area (Å²) >= 11 is 0. The molecule has 0 radical (unpaired) electrons. The van der Waals surface area contributed by atoms with E-state index in [1.807, 2.05) is 0 Å². The Morgan fingerprint density at radius 1 is 1.02 bits per heavy atom. The van der Waals surface area contributed by atoms with E-state index in [2.05, 4.69) is 16.0 Å². The fraction of sp³-hybridized carbons (Fsp3) is 0.333. The van der Waals surface area contributed by atoms with Gasteiger partial charge < -0.3 is 20.7 Å². The molecule has 3 aromatic carbocycles. The molecule has 2 amide bonds. The van der Waals surface area contributed by atoms with Gasteiger partial charge in [0, 0.05) is 54.8 Å². The topological polar surface area (TPSA) is 117 Å². The van der Waals surface area contributed by atoms with Crippen LogP contribution in [0.3, 0.4) is 0 Å². The number of hydrogen-bond donors (Lipinski definition) is 3. The van der Waals surface area contributed by atoms with Gasteiger partial charge in [-0.05, 0) is 68.7 Å². The number of carbonyl (C=O) groups excluding carboxylic acids is 2. The van der Waals surface area contributed by atoms with Crippen LogP contribution in [-0.4, -0.2) is 63.0 Å². The molecule has 1 aliphatic rings. The molecule has 50 heavy (non-hydrogen) atoms. The van der Waals surface area contributed by atoms with Crippen LogP contribution in [0.1, 0.15) is 43.7 Å². The first-order valence-electron chi connectivity index (χ1n) is 16.0. The lowest BCUT2D eigenvalue weighted by molar-refractivity contribution is -0.118. The van der Waals surface area contributed by atoms with Gasteiger partial charge in [0.25, 0.3) is 0 Å². The highest BCUT2D eigenvalue weighted by molar-refractivity contribution is 7.89. The fourth-order valence-electron chi connectivity index (χ4n) is 6.00. The quantitative estimate of drug-likeness (QED) is 0.137. The largest absolute Gasteiger partial charge is 0.453 e. The molecule has 1 fully saturated rings. The van der Waals surface area contributed by atoms with Crippen LogP contribution in [0.15, 0.2) is 101 Å². The molecule has 1 unspecified atom stereocenters. The zero-order chi connectivity index (χ0) is 36.4. The Hall–Kier alpha value is -4.53. The first-order valence-corrected chi connectivity index (χ1v) is 17.4. The van der Waals surface area contributed by atoms with Gasteiger partial charge in [0.2, 0.25) is 15.9 Å². The molecule has 1 saturated heterocycles. The van der Waals surface area contributed by atoms with Crippen molar-refractivity contribution >= 4 is 27.7 Å². The van der Waals surface area contributed by atoms with E-state index in [0.717, 1.165) is 25.3 Å². The highest BCUT2D eigenvalue weighted by Gasteiger charge is 2.38. The molecule has 0 bridgehead atoms. The third-order valence-electron chi connectivity index (χ3n) is 8.46. The lowest BCUT2D eigenvalue weighted by atomic mass is 9.87. The molecular weight excluding hydrogens is 676 g/mol. The van der Waals surface area contributed by atoms with Gasteiger partial charge in [-0.15, -0.1) is 0 Å². The Bertz CT molecular complexity index is 1810. The average molecular weight is 717 g/mol. The maximum Gasteiger partial charge on any atom is 0.407 e. The number of anilines is 1. The third kappa shape index (κ3) is 9.58. The van der Waals surface area contributed by atoms with Crippen LogP contribution in [0, 0.1) is 11.6 Å². The summed E-state index contributed by atoms with van der Waals surface area (Å²) in [6, 6.07) is 14.3. The highest BCUT2D eigenvalue weighted by atomic mass is 32.2. The summed E-state index contributed by atoms with van der Waals surface area (Å²) in [5.74, 6) is -5.19. The van der Waals surface area contributed by atoms with Crippen LogP contribution in [0.2, 0.25) is 0 Å². The molecule has 1 heterocycles. The zero-order valence-corrected chi connectivity index (χ0v) is 28.7. The number of methoxy groups -OCH3 is 1.